The first-order valence-corrected chi connectivity index (χ1v) is 11.2. The Labute approximate surface area is 188 Å². The van der Waals surface area contributed by atoms with Crippen LogP contribution in [0.25, 0.3) is 0 Å². The number of nitrogens with zero attached hydrogens (tertiary/aromatic N) is 1. The topological polar surface area (TPSA) is 49.4 Å². The minimum Gasteiger partial charge on any atom is -0.357 e. The Balaban J connectivity index is 1.71. The van der Waals surface area contributed by atoms with Gasteiger partial charge in [0, 0.05) is 24.1 Å². The van der Waals surface area contributed by atoms with E-state index in [2.05, 4.69) is 17.4 Å². The number of hydrogen-bond acceptors (Lipinski definition) is 3. The average molecular weight is 423 g/mol. The predicted molar refractivity (Wildman–Crippen MR) is 127 cm³/mol. The zero-order chi connectivity index (χ0) is 22.1. The standard InChI is InChI=1S/C28H26N2O2/c1-2-26(32)30-24-16-10-9-15-22(24)29-23-17-21(19-11-5-3-6-12-19)18-25(31)27(23)28(30)20-13-7-4-8-14-20/h3-16,21,28-29H,2,17-18H2,1H3/t21-,28-/m0/s1. The monoisotopic (exact) mass is 422 g/mol. The van der Waals surface area contributed by atoms with Gasteiger partial charge in [-0.25, -0.2) is 0 Å². The molecule has 5 rings (SSSR count). The molecular formula is C28H26N2O2. The average Bonchev–Trinajstić information content (AvgIpc) is 2.99. The molecule has 1 heterocycles. The molecule has 3 aromatic carbocycles. The van der Waals surface area contributed by atoms with Crippen molar-refractivity contribution in [1.82, 2.24) is 0 Å². The molecule has 2 atom stereocenters. The summed E-state index contributed by atoms with van der Waals surface area (Å²) in [6, 6.07) is 27.5. The van der Waals surface area contributed by atoms with Crippen LogP contribution in [0.1, 0.15) is 49.3 Å². The molecule has 0 aromatic heterocycles. The number of carbonyl (C=O) groups is 2. The molecule has 0 radical (unpaired) electrons. The second-order valence-corrected chi connectivity index (χ2v) is 8.40. The van der Waals surface area contributed by atoms with Crippen LogP contribution >= 0.6 is 0 Å². The number of para-hydroxylation sites is 2. The lowest BCUT2D eigenvalue weighted by Crippen LogP contribution is -2.38. The maximum Gasteiger partial charge on any atom is 0.227 e. The molecule has 1 amide bonds. The molecule has 1 aliphatic carbocycles. The van der Waals surface area contributed by atoms with Crippen molar-refractivity contribution in [3.8, 4) is 0 Å². The van der Waals surface area contributed by atoms with Crippen LogP contribution in [0.5, 0.6) is 0 Å². The molecule has 0 fully saturated rings. The lowest BCUT2D eigenvalue weighted by molar-refractivity contribution is -0.119. The summed E-state index contributed by atoms with van der Waals surface area (Å²) in [7, 11) is 0. The first-order valence-electron chi connectivity index (χ1n) is 11.2. The Morgan fingerprint density at radius 1 is 0.875 bits per heavy atom. The second-order valence-electron chi connectivity index (χ2n) is 8.40. The van der Waals surface area contributed by atoms with Crippen molar-refractivity contribution >= 4 is 23.1 Å². The van der Waals surface area contributed by atoms with E-state index in [0.29, 0.717) is 18.4 Å². The van der Waals surface area contributed by atoms with Gasteiger partial charge >= 0.3 is 0 Å². The molecule has 4 nitrogen and oxygen atoms in total. The van der Waals surface area contributed by atoms with Gasteiger partial charge in [0.1, 0.15) is 0 Å². The van der Waals surface area contributed by atoms with Crippen LogP contribution in [0.4, 0.5) is 11.4 Å². The van der Waals surface area contributed by atoms with Gasteiger partial charge in [0.2, 0.25) is 5.91 Å². The highest BCUT2D eigenvalue weighted by Gasteiger charge is 2.41. The van der Waals surface area contributed by atoms with Crippen LogP contribution in [0.3, 0.4) is 0 Å². The van der Waals surface area contributed by atoms with Gasteiger partial charge in [-0.05, 0) is 35.6 Å². The van der Waals surface area contributed by atoms with Gasteiger partial charge in [0.15, 0.2) is 5.78 Å². The quantitative estimate of drug-likeness (QED) is 0.563. The minimum absolute atomic E-state index is 0.000152. The number of ketones is 1. The first kappa shape index (κ1) is 20.3. The van der Waals surface area contributed by atoms with Crippen molar-refractivity contribution in [2.24, 2.45) is 0 Å². The fourth-order valence-electron chi connectivity index (χ4n) is 4.95. The van der Waals surface area contributed by atoms with Crippen LogP contribution in [0.2, 0.25) is 0 Å². The predicted octanol–water partition coefficient (Wildman–Crippen LogP) is 6.00. The summed E-state index contributed by atoms with van der Waals surface area (Å²) in [4.78, 5) is 28.8. The molecule has 0 spiro atoms. The molecule has 0 bridgehead atoms. The maximum atomic E-state index is 13.7. The molecular weight excluding hydrogens is 396 g/mol. The highest BCUT2D eigenvalue weighted by atomic mass is 16.2. The third-order valence-corrected chi connectivity index (χ3v) is 6.45. The number of nitrogens with one attached hydrogen (secondary N) is 1. The highest BCUT2D eigenvalue weighted by Crippen LogP contribution is 2.47. The number of allylic oxidation sites excluding steroid dienone is 1. The number of anilines is 2. The van der Waals surface area contributed by atoms with Crippen LogP contribution in [-0.2, 0) is 9.59 Å². The Kier molecular flexibility index (Phi) is 5.36. The normalized spacial score (nSPS) is 20.2. The summed E-state index contributed by atoms with van der Waals surface area (Å²) < 4.78 is 0. The van der Waals surface area contributed by atoms with E-state index in [0.717, 1.165) is 29.1 Å². The number of amides is 1. The Morgan fingerprint density at radius 3 is 2.19 bits per heavy atom. The molecule has 160 valence electrons. The molecule has 4 heteroatoms. The summed E-state index contributed by atoms with van der Waals surface area (Å²) in [6.45, 7) is 1.87. The van der Waals surface area contributed by atoms with E-state index in [4.69, 9.17) is 0 Å². The minimum atomic E-state index is -0.445. The molecule has 3 aromatic rings. The van der Waals surface area contributed by atoms with E-state index in [-0.39, 0.29) is 17.6 Å². The van der Waals surface area contributed by atoms with E-state index >= 15 is 0 Å². The highest BCUT2D eigenvalue weighted by molar-refractivity contribution is 6.06. The van der Waals surface area contributed by atoms with E-state index in [1.165, 1.54) is 5.56 Å². The number of fused-ring (bicyclic) bond motifs is 1. The van der Waals surface area contributed by atoms with Crippen LogP contribution < -0.4 is 10.2 Å². The molecule has 1 aliphatic heterocycles. The van der Waals surface area contributed by atoms with Gasteiger partial charge in [-0.2, -0.15) is 0 Å². The van der Waals surface area contributed by atoms with Crippen LogP contribution in [0.15, 0.2) is 96.2 Å². The van der Waals surface area contributed by atoms with Crippen LogP contribution in [0, 0.1) is 0 Å². The lowest BCUT2D eigenvalue weighted by atomic mass is 9.78. The van der Waals surface area contributed by atoms with E-state index in [1.54, 1.807) is 0 Å². The number of carbonyl (C=O) groups excluding carboxylic acids is 2. The van der Waals surface area contributed by atoms with Gasteiger partial charge in [-0.3, -0.25) is 14.5 Å². The molecule has 0 saturated carbocycles. The smallest absolute Gasteiger partial charge is 0.227 e. The van der Waals surface area contributed by atoms with Crippen molar-refractivity contribution in [2.75, 3.05) is 10.2 Å². The number of rotatable bonds is 3. The van der Waals surface area contributed by atoms with Gasteiger partial charge < -0.3 is 5.32 Å². The molecule has 0 unspecified atom stereocenters. The molecule has 2 aliphatic rings. The van der Waals surface area contributed by atoms with Gasteiger partial charge in [0.05, 0.1) is 17.4 Å². The summed E-state index contributed by atoms with van der Waals surface area (Å²) in [6.07, 6.45) is 1.54. The molecule has 32 heavy (non-hydrogen) atoms. The molecule has 1 N–H and O–H groups in total. The zero-order valence-electron chi connectivity index (χ0n) is 18.1. The SMILES string of the molecule is CCC(=O)N1c2ccccc2NC2=C(C(=O)C[C@@H](c3ccccc3)C2)[C@@H]1c1ccccc1. The van der Waals surface area contributed by atoms with Crippen molar-refractivity contribution in [3.63, 3.8) is 0 Å². The van der Waals surface area contributed by atoms with Crippen molar-refractivity contribution in [3.05, 3.63) is 107 Å². The first-order chi connectivity index (χ1) is 15.7. The third kappa shape index (κ3) is 3.52. The van der Waals surface area contributed by atoms with E-state index < -0.39 is 6.04 Å². The Hall–Kier alpha value is -3.66. The summed E-state index contributed by atoms with van der Waals surface area (Å²) >= 11 is 0. The molecule has 0 saturated heterocycles. The van der Waals surface area contributed by atoms with Crippen molar-refractivity contribution < 1.29 is 9.59 Å². The van der Waals surface area contributed by atoms with Gasteiger partial charge in [-0.15, -0.1) is 0 Å². The fraction of sp³-hybridized carbons (Fsp3) is 0.214. The Bertz CT molecular complexity index is 1180. The number of Topliss-reactive ketones (excluding diaryl/α,β-unsaturated/α-hetero) is 1. The summed E-state index contributed by atoms with van der Waals surface area (Å²) in [5.41, 5.74) is 5.42. The van der Waals surface area contributed by atoms with Gasteiger partial charge in [-0.1, -0.05) is 79.7 Å². The maximum absolute atomic E-state index is 13.7. The largest absolute Gasteiger partial charge is 0.357 e. The van der Waals surface area contributed by atoms with Crippen LogP contribution in [-0.4, -0.2) is 11.7 Å². The van der Waals surface area contributed by atoms with Gasteiger partial charge in [0.25, 0.3) is 0 Å². The third-order valence-electron chi connectivity index (χ3n) is 6.45. The van der Waals surface area contributed by atoms with Crippen molar-refractivity contribution in [2.45, 2.75) is 38.1 Å². The number of benzene rings is 3. The van der Waals surface area contributed by atoms with Crippen molar-refractivity contribution in [1.29, 1.82) is 0 Å². The summed E-state index contributed by atoms with van der Waals surface area (Å²) in [5.74, 6) is 0.218. The number of hydrogen-bond donors (Lipinski definition) is 1. The lowest BCUT2D eigenvalue weighted by Gasteiger charge is -2.35. The zero-order valence-corrected chi connectivity index (χ0v) is 18.1. The fourth-order valence-corrected chi connectivity index (χ4v) is 4.95. The summed E-state index contributed by atoms with van der Waals surface area (Å²) in [5, 5.41) is 3.57. The Morgan fingerprint density at radius 2 is 1.50 bits per heavy atom. The second kappa shape index (κ2) is 8.46. The van der Waals surface area contributed by atoms with E-state index in [1.807, 2.05) is 84.6 Å². The van der Waals surface area contributed by atoms with E-state index in [9.17, 15) is 9.59 Å².